The number of benzene rings is 3. The molecule has 1 aliphatic heterocycles. The number of carbonyl (C=O) groups excluding carboxylic acids is 2. The highest BCUT2D eigenvalue weighted by atomic mass is 19.4. The number of phenolic OH excluding ortho intramolecular Hbond substituents is 2. The highest BCUT2D eigenvalue weighted by molar-refractivity contribution is 6.31. The van der Waals surface area contributed by atoms with Crippen molar-refractivity contribution >= 4 is 17.4 Å². The molecule has 0 saturated heterocycles. The van der Waals surface area contributed by atoms with Crippen LogP contribution in [0, 0.1) is 0 Å². The van der Waals surface area contributed by atoms with Gasteiger partial charge < -0.3 is 15.5 Å². The molecule has 0 spiro atoms. The quantitative estimate of drug-likeness (QED) is 0.269. The van der Waals surface area contributed by atoms with E-state index in [1.165, 1.54) is 36.5 Å². The number of rotatable bonds is 4. The third-order valence-corrected chi connectivity index (χ3v) is 5.16. The molecule has 3 aromatic carbocycles. The zero-order valence-corrected chi connectivity index (χ0v) is 16.9. The van der Waals surface area contributed by atoms with Crippen LogP contribution in [0.2, 0.25) is 0 Å². The van der Waals surface area contributed by atoms with Crippen LogP contribution in [0.15, 0.2) is 66.9 Å². The molecule has 2 amide bonds. The van der Waals surface area contributed by atoms with Gasteiger partial charge in [-0.05, 0) is 53.1 Å². The lowest BCUT2D eigenvalue weighted by atomic mass is 9.91. The van der Waals surface area contributed by atoms with Crippen molar-refractivity contribution in [1.29, 1.82) is 0 Å². The van der Waals surface area contributed by atoms with Gasteiger partial charge in [-0.15, -0.1) is 0 Å². The number of aromatic hydroxyl groups is 2. The van der Waals surface area contributed by atoms with Crippen molar-refractivity contribution in [2.75, 3.05) is 0 Å². The van der Waals surface area contributed by atoms with Gasteiger partial charge in [0.25, 0.3) is 11.8 Å². The van der Waals surface area contributed by atoms with Gasteiger partial charge in [0.1, 0.15) is 0 Å². The lowest BCUT2D eigenvalue weighted by molar-refractivity contribution is -0.137. The first-order valence-electron chi connectivity index (χ1n) is 9.75. The number of nitrogens with one attached hydrogen (secondary N) is 2. The summed E-state index contributed by atoms with van der Waals surface area (Å²) in [5, 5.41) is 24.2. The molecule has 0 radical (unpaired) electrons. The van der Waals surface area contributed by atoms with Crippen molar-refractivity contribution in [1.82, 2.24) is 10.6 Å². The van der Waals surface area contributed by atoms with Crippen molar-refractivity contribution in [2.45, 2.75) is 12.7 Å². The van der Waals surface area contributed by atoms with E-state index in [1.54, 1.807) is 18.2 Å². The maximum atomic E-state index is 12.8. The smallest absolute Gasteiger partial charge is 0.416 e. The summed E-state index contributed by atoms with van der Waals surface area (Å²) >= 11 is 0. The van der Waals surface area contributed by atoms with Crippen molar-refractivity contribution in [3.8, 4) is 22.6 Å². The molecular weight excluding hydrogens is 437 g/mol. The molecule has 168 valence electrons. The fourth-order valence-corrected chi connectivity index (χ4v) is 3.45. The van der Waals surface area contributed by atoms with Crippen LogP contribution in [0.25, 0.3) is 16.7 Å². The second-order valence-corrected chi connectivity index (χ2v) is 7.38. The average molecular weight is 454 g/mol. The molecular formula is C24H17F3N2O4. The molecule has 0 fully saturated rings. The maximum Gasteiger partial charge on any atom is 0.416 e. The Morgan fingerprint density at radius 1 is 0.818 bits per heavy atom. The monoisotopic (exact) mass is 454 g/mol. The van der Waals surface area contributed by atoms with E-state index in [4.69, 9.17) is 0 Å². The Kier molecular flexibility index (Phi) is 5.55. The second kappa shape index (κ2) is 8.34. The largest absolute Gasteiger partial charge is 0.504 e. The van der Waals surface area contributed by atoms with Gasteiger partial charge in [-0.25, -0.2) is 0 Å². The highest BCUT2D eigenvalue weighted by Gasteiger charge is 2.30. The Morgan fingerprint density at radius 3 is 2.18 bits per heavy atom. The summed E-state index contributed by atoms with van der Waals surface area (Å²) in [5.74, 6) is -1.74. The number of imide groups is 1. The standard InChI is InChI=1S/C24H17F3N2O4/c25-24(26,27)16-5-2-14(3-6-16)15-4-7-17-18(10-15)19(23(33)29-22(17)32)12-28-11-13-1-8-20(30)21(31)9-13/h1-10,12,28,30-31H,11H2,(H,29,32,33)/b19-12+. The number of phenols is 2. The Balaban J connectivity index is 1.65. The van der Waals surface area contributed by atoms with E-state index < -0.39 is 23.6 Å². The molecule has 0 saturated carbocycles. The molecule has 0 bridgehead atoms. The third-order valence-electron chi connectivity index (χ3n) is 5.16. The number of hydrogen-bond donors (Lipinski definition) is 4. The molecule has 4 rings (SSSR count). The number of amides is 2. The van der Waals surface area contributed by atoms with E-state index in [2.05, 4.69) is 10.6 Å². The summed E-state index contributed by atoms with van der Waals surface area (Å²) in [5.41, 5.74) is 1.65. The predicted molar refractivity (Wildman–Crippen MR) is 114 cm³/mol. The first kappa shape index (κ1) is 21.9. The first-order chi connectivity index (χ1) is 15.6. The van der Waals surface area contributed by atoms with Crippen molar-refractivity contribution in [3.05, 3.63) is 89.1 Å². The first-order valence-corrected chi connectivity index (χ1v) is 9.75. The zero-order valence-electron chi connectivity index (χ0n) is 16.9. The third kappa shape index (κ3) is 4.52. The van der Waals surface area contributed by atoms with Gasteiger partial charge in [-0.2, -0.15) is 13.2 Å². The zero-order chi connectivity index (χ0) is 23.8. The summed E-state index contributed by atoms with van der Waals surface area (Å²) in [7, 11) is 0. The van der Waals surface area contributed by atoms with Crippen LogP contribution in [-0.2, 0) is 17.5 Å². The number of hydrogen-bond acceptors (Lipinski definition) is 5. The molecule has 0 aliphatic carbocycles. The van der Waals surface area contributed by atoms with Crippen molar-refractivity contribution < 1.29 is 33.0 Å². The van der Waals surface area contributed by atoms with Crippen LogP contribution in [-0.4, -0.2) is 22.0 Å². The molecule has 6 nitrogen and oxygen atoms in total. The van der Waals surface area contributed by atoms with Crippen LogP contribution in [0.3, 0.4) is 0 Å². The van der Waals surface area contributed by atoms with E-state index in [0.717, 1.165) is 12.1 Å². The minimum atomic E-state index is -4.45. The van der Waals surface area contributed by atoms with Crippen molar-refractivity contribution in [3.63, 3.8) is 0 Å². The van der Waals surface area contributed by atoms with E-state index in [1.807, 2.05) is 0 Å². The Hall–Kier alpha value is -4.27. The molecule has 33 heavy (non-hydrogen) atoms. The van der Waals surface area contributed by atoms with Gasteiger partial charge in [0.15, 0.2) is 11.5 Å². The molecule has 0 aromatic heterocycles. The van der Waals surface area contributed by atoms with Crippen LogP contribution in [0.1, 0.15) is 27.0 Å². The number of halogens is 3. The molecule has 4 N–H and O–H groups in total. The van der Waals surface area contributed by atoms with Gasteiger partial charge >= 0.3 is 6.18 Å². The average Bonchev–Trinajstić information content (AvgIpc) is 2.77. The fourth-order valence-electron chi connectivity index (χ4n) is 3.45. The second-order valence-electron chi connectivity index (χ2n) is 7.38. The van der Waals surface area contributed by atoms with E-state index >= 15 is 0 Å². The van der Waals surface area contributed by atoms with Crippen LogP contribution >= 0.6 is 0 Å². The maximum absolute atomic E-state index is 12.8. The van der Waals surface area contributed by atoms with Crippen LogP contribution < -0.4 is 10.6 Å². The van der Waals surface area contributed by atoms with Gasteiger partial charge in [-0.1, -0.05) is 24.3 Å². The van der Waals surface area contributed by atoms with Gasteiger partial charge in [0.2, 0.25) is 0 Å². The summed E-state index contributed by atoms with van der Waals surface area (Å²) in [6, 6.07) is 13.6. The normalized spacial score (nSPS) is 14.7. The molecule has 3 aromatic rings. The number of fused-ring (bicyclic) bond motifs is 1. The van der Waals surface area contributed by atoms with Gasteiger partial charge in [0.05, 0.1) is 11.1 Å². The number of alkyl halides is 3. The van der Waals surface area contributed by atoms with Gasteiger partial charge in [0, 0.05) is 23.9 Å². The van der Waals surface area contributed by atoms with E-state index in [9.17, 15) is 33.0 Å². The summed E-state index contributed by atoms with van der Waals surface area (Å²) in [6.07, 6.45) is -3.03. The number of carbonyl (C=O) groups is 2. The SMILES string of the molecule is O=C1NC(=O)c2ccc(-c3ccc(C(F)(F)F)cc3)cc2/C1=C\NCc1ccc(O)c(O)c1. The molecule has 9 heteroatoms. The summed E-state index contributed by atoms with van der Waals surface area (Å²) < 4.78 is 38.5. The molecule has 1 aliphatic rings. The Labute approximate surface area is 186 Å². The lowest BCUT2D eigenvalue weighted by Gasteiger charge is -2.19. The lowest BCUT2D eigenvalue weighted by Crippen LogP contribution is -2.37. The molecule has 0 unspecified atom stereocenters. The van der Waals surface area contributed by atoms with Crippen molar-refractivity contribution in [2.24, 2.45) is 0 Å². The molecule has 0 atom stereocenters. The van der Waals surface area contributed by atoms with Gasteiger partial charge in [-0.3, -0.25) is 14.9 Å². The van der Waals surface area contributed by atoms with Crippen LogP contribution in [0.5, 0.6) is 11.5 Å². The Bertz CT molecular complexity index is 1280. The van der Waals surface area contributed by atoms with Crippen LogP contribution in [0.4, 0.5) is 13.2 Å². The minimum Gasteiger partial charge on any atom is -0.504 e. The highest BCUT2D eigenvalue weighted by Crippen LogP contribution is 2.33. The summed E-state index contributed by atoms with van der Waals surface area (Å²) in [6.45, 7) is 0.215. The predicted octanol–water partition coefficient (Wildman–Crippen LogP) is 4.18. The Morgan fingerprint density at radius 2 is 1.52 bits per heavy atom. The minimum absolute atomic E-state index is 0.168. The fraction of sp³-hybridized carbons (Fsp3) is 0.0833. The topological polar surface area (TPSA) is 98.7 Å². The van der Waals surface area contributed by atoms with E-state index in [-0.39, 0.29) is 29.2 Å². The molecule has 1 heterocycles. The van der Waals surface area contributed by atoms with E-state index in [0.29, 0.717) is 22.3 Å². The summed E-state index contributed by atoms with van der Waals surface area (Å²) in [4.78, 5) is 24.7.